The van der Waals surface area contributed by atoms with Crippen LogP contribution in [0.2, 0.25) is 0 Å². The molecule has 2 N–H and O–H groups in total. The topological polar surface area (TPSA) is 100 Å². The molecule has 1 aromatic rings. The first kappa shape index (κ1) is 12.5. The van der Waals surface area contributed by atoms with Crippen LogP contribution in [0.5, 0.6) is 0 Å². The number of rotatable bonds is 3. The lowest BCUT2D eigenvalue weighted by molar-refractivity contribution is 0.192. The van der Waals surface area contributed by atoms with Crippen LogP contribution in [-0.2, 0) is 14.8 Å². The molecule has 0 amide bonds. The van der Waals surface area contributed by atoms with Crippen molar-refractivity contribution in [2.45, 2.75) is 37.4 Å². The van der Waals surface area contributed by atoms with E-state index in [-0.39, 0.29) is 17.1 Å². The van der Waals surface area contributed by atoms with Gasteiger partial charge in [-0.25, -0.2) is 13.6 Å². The summed E-state index contributed by atoms with van der Waals surface area (Å²) < 4.78 is 29.7. The maximum Gasteiger partial charge on any atom is 0.273 e. The zero-order valence-electron chi connectivity index (χ0n) is 9.83. The molecule has 7 nitrogen and oxygen atoms in total. The zero-order valence-corrected chi connectivity index (χ0v) is 10.6. The van der Waals surface area contributed by atoms with Gasteiger partial charge in [0.05, 0.1) is 6.61 Å². The number of nitrogens with zero attached hydrogens (tertiary/aromatic N) is 3. The Balaban J connectivity index is 2.50. The molecule has 1 saturated heterocycles. The van der Waals surface area contributed by atoms with Crippen molar-refractivity contribution in [1.29, 1.82) is 0 Å². The van der Waals surface area contributed by atoms with Gasteiger partial charge in [-0.1, -0.05) is 0 Å². The Hall–Kier alpha value is -0.990. The molecule has 96 valence electrons. The molecule has 2 rings (SSSR count). The second kappa shape index (κ2) is 4.35. The molecule has 2 heterocycles. The highest BCUT2D eigenvalue weighted by Gasteiger charge is 2.29. The minimum atomic E-state index is -3.84. The molecule has 1 atom stereocenters. The Morgan fingerprint density at radius 3 is 2.65 bits per heavy atom. The molecular weight excluding hydrogens is 244 g/mol. The van der Waals surface area contributed by atoms with Gasteiger partial charge in [-0.15, -0.1) is 10.2 Å². The van der Waals surface area contributed by atoms with Crippen LogP contribution in [0, 0.1) is 0 Å². The fourth-order valence-electron chi connectivity index (χ4n) is 1.98. The number of nitrogens with two attached hydrogens (primary N) is 1. The quantitative estimate of drug-likeness (QED) is 0.825. The highest BCUT2D eigenvalue weighted by Crippen LogP contribution is 2.27. The zero-order chi connectivity index (χ0) is 12.6. The van der Waals surface area contributed by atoms with E-state index in [1.165, 1.54) is 0 Å². The predicted molar refractivity (Wildman–Crippen MR) is 60.0 cm³/mol. The van der Waals surface area contributed by atoms with E-state index >= 15 is 0 Å². The predicted octanol–water partition coefficient (Wildman–Crippen LogP) is 0.0103. The van der Waals surface area contributed by atoms with Crippen molar-refractivity contribution >= 4 is 10.0 Å². The molecule has 17 heavy (non-hydrogen) atoms. The van der Waals surface area contributed by atoms with E-state index in [2.05, 4.69) is 10.2 Å². The minimum absolute atomic E-state index is 0.0612. The Kier molecular flexibility index (Phi) is 3.19. The SMILES string of the molecule is CC(C)n1c(C2CCOC2)nnc1S(N)(=O)=O. The molecule has 8 heteroatoms. The Morgan fingerprint density at radius 2 is 2.18 bits per heavy atom. The van der Waals surface area contributed by atoms with E-state index in [9.17, 15) is 8.42 Å². The Labute approximate surface area is 100 Å². The summed E-state index contributed by atoms with van der Waals surface area (Å²) in [5, 5.41) is 12.6. The summed E-state index contributed by atoms with van der Waals surface area (Å²) >= 11 is 0. The summed E-state index contributed by atoms with van der Waals surface area (Å²) in [5.74, 6) is 0.738. The van der Waals surface area contributed by atoms with Gasteiger partial charge < -0.3 is 4.74 Å². The summed E-state index contributed by atoms with van der Waals surface area (Å²) in [5.41, 5.74) is 0. The normalized spacial score (nSPS) is 21.3. The smallest absolute Gasteiger partial charge is 0.273 e. The van der Waals surface area contributed by atoms with Crippen molar-refractivity contribution in [1.82, 2.24) is 14.8 Å². The largest absolute Gasteiger partial charge is 0.381 e. The van der Waals surface area contributed by atoms with Gasteiger partial charge in [0.1, 0.15) is 5.82 Å². The number of sulfonamides is 1. The van der Waals surface area contributed by atoms with Crippen LogP contribution in [0.25, 0.3) is 0 Å². The first-order chi connectivity index (χ1) is 7.91. The van der Waals surface area contributed by atoms with Crippen molar-refractivity contribution in [3.8, 4) is 0 Å². The van der Waals surface area contributed by atoms with Crippen molar-refractivity contribution in [2.75, 3.05) is 13.2 Å². The van der Waals surface area contributed by atoms with Gasteiger partial charge in [0.15, 0.2) is 0 Å². The molecule has 1 aromatic heterocycles. The standard InChI is InChI=1S/C9H16N4O3S/c1-6(2)13-8(7-3-4-16-5-7)11-12-9(13)17(10,14)15/h6-7H,3-5H2,1-2H3,(H2,10,14,15). The summed E-state index contributed by atoms with van der Waals surface area (Å²) in [7, 11) is -3.84. The number of primary sulfonamides is 1. The lowest BCUT2D eigenvalue weighted by Crippen LogP contribution is -2.21. The second-order valence-electron chi connectivity index (χ2n) is 4.41. The van der Waals surface area contributed by atoms with Crippen LogP contribution in [-0.4, -0.2) is 36.4 Å². The minimum Gasteiger partial charge on any atom is -0.381 e. The molecule has 0 radical (unpaired) electrons. The van der Waals surface area contributed by atoms with Gasteiger partial charge in [-0.05, 0) is 20.3 Å². The van der Waals surface area contributed by atoms with Crippen LogP contribution in [0.1, 0.15) is 38.1 Å². The van der Waals surface area contributed by atoms with E-state index in [4.69, 9.17) is 9.88 Å². The van der Waals surface area contributed by atoms with Crippen molar-refractivity contribution in [3.05, 3.63) is 5.82 Å². The molecule has 1 aliphatic rings. The molecule has 0 aliphatic carbocycles. The number of hydrogen-bond donors (Lipinski definition) is 1. The van der Waals surface area contributed by atoms with E-state index in [1.807, 2.05) is 13.8 Å². The molecule has 0 saturated carbocycles. The Morgan fingerprint density at radius 1 is 1.47 bits per heavy atom. The van der Waals surface area contributed by atoms with Crippen LogP contribution < -0.4 is 5.14 Å². The van der Waals surface area contributed by atoms with E-state index in [1.54, 1.807) is 4.57 Å². The molecule has 1 aliphatic heterocycles. The molecule has 0 aromatic carbocycles. The highest BCUT2D eigenvalue weighted by molar-refractivity contribution is 7.89. The Bertz CT molecular complexity index is 502. The molecule has 1 unspecified atom stereocenters. The maximum atomic E-state index is 11.4. The molecule has 0 bridgehead atoms. The van der Waals surface area contributed by atoms with Gasteiger partial charge in [-0.3, -0.25) is 4.57 Å². The van der Waals surface area contributed by atoms with E-state index in [0.717, 1.165) is 6.42 Å². The number of hydrogen-bond acceptors (Lipinski definition) is 5. The number of aromatic nitrogens is 3. The number of ether oxygens (including phenoxy) is 1. The van der Waals surface area contributed by atoms with Crippen LogP contribution in [0.3, 0.4) is 0 Å². The maximum absolute atomic E-state index is 11.4. The molecular formula is C9H16N4O3S. The van der Waals surface area contributed by atoms with Crippen LogP contribution in [0.15, 0.2) is 5.16 Å². The third-order valence-electron chi connectivity index (χ3n) is 2.76. The molecule has 1 fully saturated rings. The van der Waals surface area contributed by atoms with Crippen molar-refractivity contribution in [3.63, 3.8) is 0 Å². The summed E-state index contributed by atoms with van der Waals surface area (Å²) in [6, 6.07) is -0.0612. The van der Waals surface area contributed by atoms with Gasteiger partial charge in [0.2, 0.25) is 0 Å². The summed E-state index contributed by atoms with van der Waals surface area (Å²) in [6.45, 7) is 4.96. The fourth-order valence-corrected chi connectivity index (χ4v) is 2.72. The monoisotopic (exact) mass is 260 g/mol. The first-order valence-corrected chi connectivity index (χ1v) is 7.01. The van der Waals surface area contributed by atoms with Crippen molar-refractivity contribution in [2.24, 2.45) is 5.14 Å². The van der Waals surface area contributed by atoms with Crippen LogP contribution >= 0.6 is 0 Å². The fraction of sp³-hybridized carbons (Fsp3) is 0.778. The van der Waals surface area contributed by atoms with E-state index in [0.29, 0.717) is 19.0 Å². The highest BCUT2D eigenvalue weighted by atomic mass is 32.2. The van der Waals surface area contributed by atoms with Gasteiger partial charge in [-0.2, -0.15) is 0 Å². The summed E-state index contributed by atoms with van der Waals surface area (Å²) in [4.78, 5) is 0. The van der Waals surface area contributed by atoms with E-state index < -0.39 is 10.0 Å². The average Bonchev–Trinajstić information content (AvgIpc) is 2.84. The van der Waals surface area contributed by atoms with Gasteiger partial charge in [0, 0.05) is 18.6 Å². The third kappa shape index (κ3) is 2.33. The third-order valence-corrected chi connectivity index (χ3v) is 3.54. The lowest BCUT2D eigenvalue weighted by Gasteiger charge is -2.15. The van der Waals surface area contributed by atoms with Crippen molar-refractivity contribution < 1.29 is 13.2 Å². The second-order valence-corrected chi connectivity index (χ2v) is 5.87. The molecule has 0 spiro atoms. The van der Waals surface area contributed by atoms with Crippen LogP contribution in [0.4, 0.5) is 0 Å². The lowest BCUT2D eigenvalue weighted by atomic mass is 10.1. The summed E-state index contributed by atoms with van der Waals surface area (Å²) in [6.07, 6.45) is 0.829. The first-order valence-electron chi connectivity index (χ1n) is 5.46. The van der Waals surface area contributed by atoms with Gasteiger partial charge in [0.25, 0.3) is 15.2 Å². The van der Waals surface area contributed by atoms with Gasteiger partial charge >= 0.3 is 0 Å². The average molecular weight is 260 g/mol.